The van der Waals surface area contributed by atoms with E-state index in [1.54, 1.807) is 18.9 Å². The first-order chi connectivity index (χ1) is 17.8. The van der Waals surface area contributed by atoms with Crippen LogP contribution in [-0.4, -0.2) is 33.4 Å². The predicted octanol–water partition coefficient (Wildman–Crippen LogP) is 6.68. The van der Waals surface area contributed by atoms with Gasteiger partial charge in [0.05, 0.1) is 7.11 Å². The van der Waals surface area contributed by atoms with Gasteiger partial charge in [-0.2, -0.15) is 4.98 Å². The quantitative estimate of drug-likeness (QED) is 0.320. The number of methoxy groups -OCH3 is 1. The van der Waals surface area contributed by atoms with Crippen LogP contribution in [0.15, 0.2) is 58.9 Å². The van der Waals surface area contributed by atoms with Crippen molar-refractivity contribution in [2.24, 2.45) is 5.41 Å². The number of thioether (sulfide) groups is 1. The molecule has 0 amide bonds. The number of nitrogens with one attached hydrogen (secondary N) is 1. The van der Waals surface area contributed by atoms with E-state index < -0.39 is 6.04 Å². The number of Topliss-reactive ketones (excluding diaryl/α,β-unsaturated/α-hetero) is 1. The molecule has 37 heavy (non-hydrogen) atoms. The first-order valence-corrected chi connectivity index (χ1v) is 13.8. The van der Waals surface area contributed by atoms with Gasteiger partial charge in [0.25, 0.3) is 0 Å². The van der Waals surface area contributed by atoms with Gasteiger partial charge in [0, 0.05) is 28.5 Å². The lowest BCUT2D eigenvalue weighted by molar-refractivity contribution is -0.118. The van der Waals surface area contributed by atoms with Crippen LogP contribution in [0.3, 0.4) is 0 Å². The van der Waals surface area contributed by atoms with E-state index in [-0.39, 0.29) is 11.2 Å². The van der Waals surface area contributed by atoms with Crippen molar-refractivity contribution in [3.05, 3.63) is 69.9 Å². The van der Waals surface area contributed by atoms with Crippen molar-refractivity contribution >= 4 is 35.1 Å². The van der Waals surface area contributed by atoms with Gasteiger partial charge in [0.2, 0.25) is 11.1 Å². The normalized spacial score (nSPS) is 18.2. The lowest BCUT2D eigenvalue weighted by Gasteiger charge is -2.38. The third-order valence-corrected chi connectivity index (χ3v) is 7.85. The minimum Gasteiger partial charge on any atom is -0.493 e. The van der Waals surface area contributed by atoms with Crippen LogP contribution in [0, 0.1) is 5.41 Å². The molecule has 2 heterocycles. The van der Waals surface area contributed by atoms with Crippen LogP contribution < -0.4 is 14.8 Å². The second-order valence-corrected chi connectivity index (χ2v) is 11.7. The minimum absolute atomic E-state index is 0.119. The smallest absolute Gasteiger partial charge is 0.227 e. The summed E-state index contributed by atoms with van der Waals surface area (Å²) in [5, 5.41) is 9.63. The average Bonchev–Trinajstić information content (AvgIpc) is 3.27. The number of anilines is 1. The maximum atomic E-state index is 13.5. The van der Waals surface area contributed by atoms with Crippen molar-refractivity contribution in [2.45, 2.75) is 57.8 Å². The Morgan fingerprint density at radius 1 is 1.16 bits per heavy atom. The van der Waals surface area contributed by atoms with Crippen molar-refractivity contribution in [2.75, 3.05) is 18.2 Å². The number of rotatable bonds is 8. The molecule has 0 fully saturated rings. The summed E-state index contributed by atoms with van der Waals surface area (Å²) in [5.41, 5.74) is 3.47. The Hall–Kier alpha value is -2.97. The van der Waals surface area contributed by atoms with Crippen molar-refractivity contribution in [1.29, 1.82) is 0 Å². The SMILES string of the molecule is CCCSc1nc2n(n1)C(c1ccc(OCc3ccc(Cl)cc3)c(OC)c1)C1=C(CC(C)(C)CC1=O)N2. The maximum Gasteiger partial charge on any atom is 0.227 e. The Morgan fingerprint density at radius 3 is 2.68 bits per heavy atom. The molecule has 0 saturated heterocycles. The number of halogens is 1. The van der Waals surface area contributed by atoms with Gasteiger partial charge >= 0.3 is 0 Å². The fourth-order valence-electron chi connectivity index (χ4n) is 4.87. The molecule has 194 valence electrons. The summed E-state index contributed by atoms with van der Waals surface area (Å²) in [5.74, 6) is 2.95. The monoisotopic (exact) mass is 538 g/mol. The molecule has 1 unspecified atom stereocenters. The summed E-state index contributed by atoms with van der Waals surface area (Å²) in [4.78, 5) is 18.2. The number of ether oxygens (including phenoxy) is 2. The van der Waals surface area contributed by atoms with Crippen LogP contribution in [0.25, 0.3) is 0 Å². The van der Waals surface area contributed by atoms with Gasteiger partial charge in [-0.25, -0.2) is 4.68 Å². The molecule has 0 bridgehead atoms. The zero-order chi connectivity index (χ0) is 26.2. The Bertz CT molecular complexity index is 1350. The fourth-order valence-corrected chi connectivity index (χ4v) is 5.68. The molecule has 0 spiro atoms. The second-order valence-electron chi connectivity index (χ2n) is 10.2. The highest BCUT2D eigenvalue weighted by Crippen LogP contribution is 2.46. The summed E-state index contributed by atoms with van der Waals surface area (Å²) in [6.45, 7) is 6.77. The molecule has 2 aliphatic rings. The van der Waals surface area contributed by atoms with Gasteiger partial charge in [0.1, 0.15) is 12.6 Å². The van der Waals surface area contributed by atoms with Crippen LogP contribution >= 0.6 is 23.4 Å². The molecule has 1 atom stereocenters. The molecule has 9 heteroatoms. The van der Waals surface area contributed by atoms with E-state index in [0.717, 1.165) is 41.0 Å². The van der Waals surface area contributed by atoms with Crippen LogP contribution in [0.4, 0.5) is 5.95 Å². The third-order valence-electron chi connectivity index (χ3n) is 6.56. The zero-order valence-electron chi connectivity index (χ0n) is 21.5. The summed E-state index contributed by atoms with van der Waals surface area (Å²) >= 11 is 7.62. The van der Waals surface area contributed by atoms with Gasteiger partial charge in [-0.05, 0) is 53.6 Å². The number of nitrogens with zero attached hydrogens (tertiary/aromatic N) is 3. The molecule has 1 aliphatic carbocycles. The Balaban J connectivity index is 1.51. The van der Waals surface area contributed by atoms with E-state index in [2.05, 4.69) is 26.1 Å². The van der Waals surface area contributed by atoms with Crippen molar-refractivity contribution in [1.82, 2.24) is 14.8 Å². The highest BCUT2D eigenvalue weighted by Gasteiger charge is 2.42. The van der Waals surface area contributed by atoms with Gasteiger partial charge in [-0.1, -0.05) is 62.3 Å². The number of ketones is 1. The van der Waals surface area contributed by atoms with Crippen LogP contribution in [0.5, 0.6) is 11.5 Å². The average molecular weight is 539 g/mol. The number of allylic oxidation sites excluding steroid dienone is 2. The summed E-state index contributed by atoms with van der Waals surface area (Å²) in [7, 11) is 1.62. The number of aromatic nitrogens is 3. The van der Waals surface area contributed by atoms with Crippen molar-refractivity contribution < 1.29 is 14.3 Å². The largest absolute Gasteiger partial charge is 0.493 e. The van der Waals surface area contributed by atoms with E-state index in [0.29, 0.717) is 40.7 Å². The Labute approximate surface area is 226 Å². The highest BCUT2D eigenvalue weighted by molar-refractivity contribution is 7.99. The van der Waals surface area contributed by atoms with E-state index in [1.165, 1.54) is 0 Å². The highest BCUT2D eigenvalue weighted by atomic mass is 35.5. The van der Waals surface area contributed by atoms with E-state index >= 15 is 0 Å². The summed E-state index contributed by atoms with van der Waals surface area (Å²) < 4.78 is 13.6. The maximum absolute atomic E-state index is 13.5. The topological polar surface area (TPSA) is 78.3 Å². The lowest BCUT2D eigenvalue weighted by atomic mass is 9.73. The van der Waals surface area contributed by atoms with Crippen molar-refractivity contribution in [3.63, 3.8) is 0 Å². The number of carbonyl (C=O) groups is 1. The number of carbonyl (C=O) groups excluding carboxylic acids is 1. The zero-order valence-corrected chi connectivity index (χ0v) is 23.1. The molecule has 0 saturated carbocycles. The number of hydrogen-bond donors (Lipinski definition) is 1. The van der Waals surface area contributed by atoms with Crippen LogP contribution in [0.2, 0.25) is 5.02 Å². The lowest BCUT2D eigenvalue weighted by Crippen LogP contribution is -2.36. The molecule has 3 aromatic rings. The van der Waals surface area contributed by atoms with Gasteiger partial charge < -0.3 is 14.8 Å². The minimum atomic E-state index is -0.391. The molecule has 7 nitrogen and oxygen atoms in total. The van der Waals surface area contributed by atoms with Gasteiger partial charge in [-0.15, -0.1) is 5.10 Å². The van der Waals surface area contributed by atoms with E-state index in [4.69, 9.17) is 31.2 Å². The summed E-state index contributed by atoms with van der Waals surface area (Å²) in [6, 6.07) is 13.0. The Kier molecular flexibility index (Phi) is 7.23. The van der Waals surface area contributed by atoms with Crippen LogP contribution in [-0.2, 0) is 11.4 Å². The first-order valence-electron chi connectivity index (χ1n) is 12.5. The molecule has 1 aromatic heterocycles. The van der Waals surface area contributed by atoms with Crippen molar-refractivity contribution in [3.8, 4) is 11.5 Å². The fraction of sp³-hybridized carbons (Fsp3) is 0.393. The number of benzene rings is 2. The molecule has 1 aliphatic heterocycles. The number of hydrogen-bond acceptors (Lipinski definition) is 7. The van der Waals surface area contributed by atoms with Gasteiger partial charge in [0.15, 0.2) is 17.3 Å². The Morgan fingerprint density at radius 2 is 1.95 bits per heavy atom. The standard InChI is InChI=1S/C28H31ClN4O3S/c1-5-12-37-27-31-26-30-20-14-28(2,3)15-21(34)24(20)25(33(26)32-27)18-8-11-22(23(13-18)35-4)36-16-17-6-9-19(29)10-7-17/h6-11,13,25H,5,12,14-16H2,1-4H3,(H,30,31,32). The molecule has 5 rings (SSSR count). The van der Waals surface area contributed by atoms with E-state index in [9.17, 15) is 4.79 Å². The molecule has 0 radical (unpaired) electrons. The molecule has 2 aromatic carbocycles. The van der Waals surface area contributed by atoms with Crippen LogP contribution in [0.1, 0.15) is 57.2 Å². The second kappa shape index (κ2) is 10.4. The predicted molar refractivity (Wildman–Crippen MR) is 147 cm³/mol. The van der Waals surface area contributed by atoms with E-state index in [1.807, 2.05) is 47.1 Å². The summed E-state index contributed by atoms with van der Waals surface area (Å²) in [6.07, 6.45) is 2.29. The molecule has 1 N–H and O–H groups in total. The third kappa shape index (κ3) is 5.36. The number of fused-ring (bicyclic) bond motifs is 1. The molecular weight excluding hydrogens is 508 g/mol. The first kappa shape index (κ1) is 25.7. The molecular formula is C28H31ClN4O3S. The van der Waals surface area contributed by atoms with Gasteiger partial charge in [-0.3, -0.25) is 4.79 Å².